The van der Waals surface area contributed by atoms with Gasteiger partial charge < -0.3 is 27.9 Å². The van der Waals surface area contributed by atoms with E-state index in [2.05, 4.69) is 32.1 Å². The molecule has 0 saturated carbocycles. The van der Waals surface area contributed by atoms with Crippen LogP contribution in [0.3, 0.4) is 0 Å². The normalized spacial score (nSPS) is 13.9. The predicted octanol–water partition coefficient (Wildman–Crippen LogP) is 10.7. The maximum absolute atomic E-state index is 12.7. The highest BCUT2D eigenvalue weighted by molar-refractivity contribution is 7.45. The van der Waals surface area contributed by atoms with Crippen LogP contribution in [-0.2, 0) is 37.5 Å². The average molecular weight is 798 g/mol. The number of likely N-dealkylation sites (N-methyl/N-ethyl adjacent to an activating group) is 1. The van der Waals surface area contributed by atoms with Crippen LogP contribution in [0.15, 0.2) is 36.5 Å². The largest absolute Gasteiger partial charge is 0.756 e. The molecule has 0 radical (unpaired) electrons. The Labute approximate surface area is 336 Å². The standard InChI is InChI=1S/C44H80NO9P/c1-6-8-10-12-14-15-16-17-18-19-20-21-23-27-32-36-44(48)54-42(40-53-55(49,50)52-38-37-45(3,4)5)39-51-43(47)35-31-28-24-26-30-34-41(46)33-29-25-22-13-11-9-7-2/h17-18,22,25,29,33,42H,6-16,19-21,23-24,26-28,30-32,34-40H2,1-5H3/b18-17-,25-22-,33-29+/t42-/m1/s1. The molecule has 0 saturated heterocycles. The molecular weight excluding hydrogens is 717 g/mol. The lowest BCUT2D eigenvalue weighted by Crippen LogP contribution is -2.37. The minimum atomic E-state index is -4.65. The van der Waals surface area contributed by atoms with Gasteiger partial charge in [-0.1, -0.05) is 128 Å². The van der Waals surface area contributed by atoms with E-state index < -0.39 is 32.5 Å². The lowest BCUT2D eigenvalue weighted by atomic mass is 10.1. The fourth-order valence-electron chi connectivity index (χ4n) is 5.63. The number of carbonyl (C=O) groups excluding carboxylic acids is 3. The van der Waals surface area contributed by atoms with Crippen LogP contribution in [0.4, 0.5) is 0 Å². The van der Waals surface area contributed by atoms with Crippen molar-refractivity contribution in [3.05, 3.63) is 36.5 Å². The monoisotopic (exact) mass is 798 g/mol. The zero-order valence-electron chi connectivity index (χ0n) is 35.6. The number of esters is 2. The summed E-state index contributed by atoms with van der Waals surface area (Å²) >= 11 is 0. The van der Waals surface area contributed by atoms with Crippen LogP contribution < -0.4 is 4.89 Å². The number of rotatable bonds is 39. The van der Waals surface area contributed by atoms with Crippen molar-refractivity contribution in [1.82, 2.24) is 0 Å². The molecule has 0 aliphatic rings. The van der Waals surface area contributed by atoms with E-state index in [9.17, 15) is 23.8 Å². The van der Waals surface area contributed by atoms with Crippen LogP contribution in [0.25, 0.3) is 0 Å². The summed E-state index contributed by atoms with van der Waals surface area (Å²) in [5.74, 6) is -0.814. The number of allylic oxidation sites excluding steroid dienone is 6. The molecule has 0 rings (SSSR count). The van der Waals surface area contributed by atoms with Gasteiger partial charge in [-0.3, -0.25) is 18.9 Å². The molecule has 0 aromatic carbocycles. The van der Waals surface area contributed by atoms with E-state index >= 15 is 0 Å². The third kappa shape index (κ3) is 39.9. The Morgan fingerprint density at radius 2 is 1.09 bits per heavy atom. The highest BCUT2D eigenvalue weighted by atomic mass is 31.2. The summed E-state index contributed by atoms with van der Waals surface area (Å²) < 4.78 is 33.8. The summed E-state index contributed by atoms with van der Waals surface area (Å²) in [5, 5.41) is 0. The van der Waals surface area contributed by atoms with E-state index in [0.29, 0.717) is 30.3 Å². The molecule has 11 heteroatoms. The van der Waals surface area contributed by atoms with Crippen molar-refractivity contribution in [2.75, 3.05) is 47.5 Å². The first-order chi connectivity index (χ1) is 26.4. The first-order valence-electron chi connectivity index (χ1n) is 21.6. The molecule has 0 spiro atoms. The highest BCUT2D eigenvalue weighted by Crippen LogP contribution is 2.38. The Balaban J connectivity index is 4.47. The third-order valence-electron chi connectivity index (χ3n) is 9.11. The number of unbranched alkanes of at least 4 members (excludes halogenated alkanes) is 18. The molecule has 0 aromatic rings. The van der Waals surface area contributed by atoms with Gasteiger partial charge in [0.1, 0.15) is 19.8 Å². The first-order valence-corrected chi connectivity index (χ1v) is 23.1. The molecule has 0 fully saturated rings. The van der Waals surface area contributed by atoms with Gasteiger partial charge in [-0.05, 0) is 63.9 Å². The highest BCUT2D eigenvalue weighted by Gasteiger charge is 2.21. The Bertz CT molecular complexity index is 1100. The predicted molar refractivity (Wildman–Crippen MR) is 222 cm³/mol. The van der Waals surface area contributed by atoms with Gasteiger partial charge in [0.25, 0.3) is 7.82 Å². The van der Waals surface area contributed by atoms with Crippen molar-refractivity contribution >= 4 is 25.5 Å². The molecule has 0 aliphatic heterocycles. The summed E-state index contributed by atoms with van der Waals surface area (Å²) in [5.41, 5.74) is 0. The Kier molecular flexibility index (Phi) is 34.9. The summed E-state index contributed by atoms with van der Waals surface area (Å²) in [4.78, 5) is 49.5. The molecular formula is C44H80NO9P. The summed E-state index contributed by atoms with van der Waals surface area (Å²) in [6, 6.07) is 0. The van der Waals surface area contributed by atoms with E-state index in [1.807, 2.05) is 33.3 Å². The molecule has 320 valence electrons. The summed E-state index contributed by atoms with van der Waals surface area (Å²) in [7, 11) is 1.09. The van der Waals surface area contributed by atoms with Crippen molar-refractivity contribution in [3.8, 4) is 0 Å². The Morgan fingerprint density at radius 1 is 0.600 bits per heavy atom. The first kappa shape index (κ1) is 52.9. The van der Waals surface area contributed by atoms with Crippen LogP contribution in [0, 0.1) is 0 Å². The smallest absolute Gasteiger partial charge is 0.306 e. The zero-order valence-corrected chi connectivity index (χ0v) is 36.5. The quantitative estimate of drug-likeness (QED) is 0.0113. The SMILES string of the molecule is CCCCC/C=C\C=C\C(=O)CCCCCCCC(=O)OC[C@H](COP(=O)([O-])OCC[N+](C)(C)C)OC(=O)CCCCCCC/C=C\CCCCCCCC. The van der Waals surface area contributed by atoms with Crippen molar-refractivity contribution in [3.63, 3.8) is 0 Å². The Morgan fingerprint density at radius 3 is 1.69 bits per heavy atom. The molecule has 0 aromatic heterocycles. The van der Waals surface area contributed by atoms with Gasteiger partial charge in [0, 0.05) is 19.3 Å². The van der Waals surface area contributed by atoms with E-state index in [0.717, 1.165) is 70.6 Å². The van der Waals surface area contributed by atoms with Crippen molar-refractivity contribution in [2.45, 2.75) is 180 Å². The van der Waals surface area contributed by atoms with Crippen molar-refractivity contribution in [2.24, 2.45) is 0 Å². The number of ketones is 1. The fraction of sp³-hybridized carbons (Fsp3) is 0.795. The topological polar surface area (TPSA) is 128 Å². The number of phosphoric acid groups is 1. The van der Waals surface area contributed by atoms with Crippen molar-refractivity contribution < 1.29 is 46.8 Å². The van der Waals surface area contributed by atoms with E-state index in [1.165, 1.54) is 57.8 Å². The van der Waals surface area contributed by atoms with Gasteiger partial charge in [-0.2, -0.15) is 0 Å². The van der Waals surface area contributed by atoms with Crippen molar-refractivity contribution in [1.29, 1.82) is 0 Å². The molecule has 1 unspecified atom stereocenters. The van der Waals surface area contributed by atoms with Gasteiger partial charge in [0.15, 0.2) is 11.9 Å². The van der Waals surface area contributed by atoms with Gasteiger partial charge in [-0.25, -0.2) is 0 Å². The number of nitrogens with zero attached hydrogens (tertiary/aromatic N) is 1. The number of hydrogen-bond donors (Lipinski definition) is 0. The second-order valence-corrected chi connectivity index (χ2v) is 17.1. The molecule has 55 heavy (non-hydrogen) atoms. The molecule has 0 N–H and O–H groups in total. The van der Waals surface area contributed by atoms with E-state index in [-0.39, 0.29) is 31.8 Å². The molecule has 10 nitrogen and oxygen atoms in total. The average Bonchev–Trinajstić information content (AvgIpc) is 3.12. The minimum Gasteiger partial charge on any atom is -0.756 e. The minimum absolute atomic E-state index is 0.0522. The summed E-state index contributed by atoms with van der Waals surface area (Å²) in [6.45, 7) is 4.01. The number of ether oxygens (including phenoxy) is 2. The molecule has 2 atom stereocenters. The molecule has 0 heterocycles. The maximum atomic E-state index is 12.7. The molecule has 0 bridgehead atoms. The molecule has 0 amide bonds. The lowest BCUT2D eigenvalue weighted by Gasteiger charge is -2.28. The summed E-state index contributed by atoms with van der Waals surface area (Å²) in [6.07, 6.45) is 35.6. The maximum Gasteiger partial charge on any atom is 0.306 e. The lowest BCUT2D eigenvalue weighted by molar-refractivity contribution is -0.870. The van der Waals surface area contributed by atoms with Crippen LogP contribution in [0.5, 0.6) is 0 Å². The fourth-order valence-corrected chi connectivity index (χ4v) is 6.36. The number of phosphoric ester groups is 1. The van der Waals surface area contributed by atoms with E-state index in [4.69, 9.17) is 18.5 Å². The second-order valence-electron chi connectivity index (χ2n) is 15.7. The third-order valence-corrected chi connectivity index (χ3v) is 10.1. The number of carbonyl (C=O) groups is 3. The second kappa shape index (κ2) is 36.3. The number of hydrogen-bond acceptors (Lipinski definition) is 9. The molecule has 0 aliphatic carbocycles. The van der Waals surface area contributed by atoms with Crippen LogP contribution in [0.1, 0.15) is 174 Å². The van der Waals surface area contributed by atoms with Gasteiger partial charge in [0.2, 0.25) is 0 Å². The van der Waals surface area contributed by atoms with Crippen LogP contribution in [-0.4, -0.2) is 75.8 Å². The number of quaternary nitrogens is 1. The van der Waals surface area contributed by atoms with E-state index in [1.54, 1.807) is 6.08 Å². The van der Waals surface area contributed by atoms with Gasteiger partial charge in [-0.15, -0.1) is 0 Å². The van der Waals surface area contributed by atoms with Crippen LogP contribution >= 0.6 is 7.82 Å². The van der Waals surface area contributed by atoms with Crippen LogP contribution in [0.2, 0.25) is 0 Å². The van der Waals surface area contributed by atoms with Gasteiger partial charge >= 0.3 is 11.9 Å². The Hall–Kier alpha value is -2.10. The zero-order chi connectivity index (χ0) is 40.9. The van der Waals surface area contributed by atoms with Gasteiger partial charge in [0.05, 0.1) is 27.7 Å².